The zero-order valence-electron chi connectivity index (χ0n) is 18.8. The SMILES string of the molecule is CC(Oc1ccc(S(C)(=O)=O)cc1C(=O)N1Cc2ccc(-c3ccc(F)cc3)cc2C1)C(F)(F)F. The van der Waals surface area contributed by atoms with Crippen LogP contribution in [0.25, 0.3) is 11.1 Å². The minimum absolute atomic E-state index is 0.167. The number of fused-ring (bicyclic) bond motifs is 1. The minimum atomic E-state index is -4.67. The lowest BCUT2D eigenvalue weighted by Crippen LogP contribution is -2.32. The molecule has 35 heavy (non-hydrogen) atoms. The molecule has 10 heteroatoms. The molecule has 0 fully saturated rings. The molecular weight excluding hydrogens is 486 g/mol. The van der Waals surface area contributed by atoms with Crippen LogP contribution < -0.4 is 4.74 Å². The first kappa shape index (κ1) is 24.7. The van der Waals surface area contributed by atoms with Gasteiger partial charge in [0.25, 0.3) is 5.91 Å². The average Bonchev–Trinajstić information content (AvgIpc) is 3.21. The maximum atomic E-state index is 13.4. The highest BCUT2D eigenvalue weighted by atomic mass is 32.2. The van der Waals surface area contributed by atoms with Gasteiger partial charge in [-0.1, -0.05) is 24.3 Å². The molecule has 4 rings (SSSR count). The second kappa shape index (κ2) is 8.99. The van der Waals surface area contributed by atoms with Crippen molar-refractivity contribution in [3.63, 3.8) is 0 Å². The van der Waals surface area contributed by atoms with Crippen LogP contribution in [-0.2, 0) is 22.9 Å². The lowest BCUT2D eigenvalue weighted by atomic mass is 10.0. The molecule has 0 bridgehead atoms. The Labute approximate surface area is 199 Å². The van der Waals surface area contributed by atoms with Crippen LogP contribution in [0, 0.1) is 5.82 Å². The van der Waals surface area contributed by atoms with Gasteiger partial charge < -0.3 is 9.64 Å². The second-order valence-electron chi connectivity index (χ2n) is 8.38. The van der Waals surface area contributed by atoms with Gasteiger partial charge in [0.1, 0.15) is 11.6 Å². The summed E-state index contributed by atoms with van der Waals surface area (Å²) >= 11 is 0. The Hall–Kier alpha value is -3.40. The van der Waals surface area contributed by atoms with Crippen LogP contribution in [0.5, 0.6) is 5.75 Å². The number of amides is 1. The quantitative estimate of drug-likeness (QED) is 0.435. The van der Waals surface area contributed by atoms with E-state index in [1.54, 1.807) is 12.1 Å². The molecule has 3 aromatic carbocycles. The first-order valence-corrected chi connectivity index (χ1v) is 12.5. The van der Waals surface area contributed by atoms with Crippen molar-refractivity contribution in [3.05, 3.63) is 83.2 Å². The first-order valence-electron chi connectivity index (χ1n) is 10.6. The van der Waals surface area contributed by atoms with E-state index >= 15 is 0 Å². The number of alkyl halides is 3. The van der Waals surface area contributed by atoms with E-state index in [9.17, 15) is 30.8 Å². The molecule has 1 aliphatic heterocycles. The van der Waals surface area contributed by atoms with Gasteiger partial charge in [-0.15, -0.1) is 0 Å². The van der Waals surface area contributed by atoms with E-state index < -0.39 is 28.0 Å². The molecule has 0 spiro atoms. The molecular formula is C25H21F4NO4S. The lowest BCUT2D eigenvalue weighted by molar-refractivity contribution is -0.189. The van der Waals surface area contributed by atoms with Crippen LogP contribution in [0.1, 0.15) is 28.4 Å². The zero-order chi connectivity index (χ0) is 25.5. The van der Waals surface area contributed by atoms with E-state index in [4.69, 9.17) is 4.74 Å². The Morgan fingerprint density at radius 2 is 1.57 bits per heavy atom. The number of benzene rings is 3. The number of hydrogen-bond donors (Lipinski definition) is 0. The highest BCUT2D eigenvalue weighted by Gasteiger charge is 2.39. The summed E-state index contributed by atoms with van der Waals surface area (Å²) in [5.74, 6) is -1.37. The summed E-state index contributed by atoms with van der Waals surface area (Å²) in [5.41, 5.74) is 3.01. The third-order valence-electron chi connectivity index (χ3n) is 5.77. The number of ether oxygens (including phenoxy) is 1. The fraction of sp³-hybridized carbons (Fsp3) is 0.240. The normalized spacial score (nSPS) is 14.5. The molecule has 1 atom stereocenters. The smallest absolute Gasteiger partial charge is 0.425 e. The second-order valence-corrected chi connectivity index (χ2v) is 10.4. The van der Waals surface area contributed by atoms with E-state index in [2.05, 4.69) is 0 Å². The van der Waals surface area contributed by atoms with Gasteiger partial charge in [0, 0.05) is 19.3 Å². The molecule has 0 N–H and O–H groups in total. The van der Waals surface area contributed by atoms with Gasteiger partial charge in [0.15, 0.2) is 15.9 Å². The zero-order valence-corrected chi connectivity index (χ0v) is 19.6. The van der Waals surface area contributed by atoms with Crippen molar-refractivity contribution < 1.29 is 35.5 Å². The summed E-state index contributed by atoms with van der Waals surface area (Å²) in [5, 5.41) is 0. The Balaban J connectivity index is 1.65. The van der Waals surface area contributed by atoms with Crippen LogP contribution in [-0.4, -0.2) is 37.8 Å². The minimum Gasteiger partial charge on any atom is -0.480 e. The summed E-state index contributed by atoms with van der Waals surface area (Å²) in [7, 11) is -3.72. The van der Waals surface area contributed by atoms with Crippen molar-refractivity contribution in [3.8, 4) is 16.9 Å². The van der Waals surface area contributed by atoms with Crippen molar-refractivity contribution in [1.82, 2.24) is 4.90 Å². The lowest BCUT2D eigenvalue weighted by Gasteiger charge is -2.22. The molecule has 1 aliphatic rings. The number of sulfone groups is 1. The average molecular weight is 508 g/mol. The van der Waals surface area contributed by atoms with Crippen molar-refractivity contribution in [1.29, 1.82) is 0 Å². The topological polar surface area (TPSA) is 63.7 Å². The van der Waals surface area contributed by atoms with E-state index in [1.807, 2.05) is 18.2 Å². The molecule has 0 aromatic heterocycles. The van der Waals surface area contributed by atoms with Gasteiger partial charge in [-0.25, -0.2) is 12.8 Å². The number of halogens is 4. The van der Waals surface area contributed by atoms with Crippen molar-refractivity contribution >= 4 is 15.7 Å². The molecule has 0 aliphatic carbocycles. The van der Waals surface area contributed by atoms with E-state index in [0.717, 1.165) is 53.6 Å². The maximum absolute atomic E-state index is 13.4. The molecule has 5 nitrogen and oxygen atoms in total. The molecule has 1 heterocycles. The van der Waals surface area contributed by atoms with Gasteiger partial charge in [-0.2, -0.15) is 13.2 Å². The Bertz CT molecular complexity index is 1390. The predicted molar refractivity (Wildman–Crippen MR) is 121 cm³/mol. The first-order chi connectivity index (χ1) is 16.3. The summed E-state index contributed by atoms with van der Waals surface area (Å²) < 4.78 is 81.6. The van der Waals surface area contributed by atoms with Crippen LogP contribution >= 0.6 is 0 Å². The standard InChI is InChI=1S/C25H21F4NO4S/c1-15(25(27,28)29)34-23-10-9-21(35(2,32)33)12-22(23)24(31)30-13-18-4-3-17(11-19(18)14-30)16-5-7-20(26)8-6-16/h3-12,15H,13-14H2,1-2H3. The highest BCUT2D eigenvalue weighted by molar-refractivity contribution is 7.90. The van der Waals surface area contributed by atoms with Crippen molar-refractivity contribution in [2.75, 3.05) is 6.26 Å². The number of carbonyl (C=O) groups is 1. The highest BCUT2D eigenvalue weighted by Crippen LogP contribution is 2.33. The third kappa shape index (κ3) is 5.32. The number of nitrogens with zero attached hydrogens (tertiary/aromatic N) is 1. The molecule has 3 aromatic rings. The molecule has 184 valence electrons. The summed E-state index contributed by atoms with van der Waals surface area (Å²) in [6.07, 6.45) is -5.93. The number of hydrogen-bond acceptors (Lipinski definition) is 4. The number of rotatable bonds is 5. The van der Waals surface area contributed by atoms with Crippen LogP contribution in [0.3, 0.4) is 0 Å². The Morgan fingerprint density at radius 1 is 0.943 bits per heavy atom. The van der Waals surface area contributed by atoms with Crippen LogP contribution in [0.4, 0.5) is 17.6 Å². The van der Waals surface area contributed by atoms with Gasteiger partial charge in [0.2, 0.25) is 0 Å². The van der Waals surface area contributed by atoms with E-state index in [1.165, 1.54) is 17.0 Å². The summed E-state index contributed by atoms with van der Waals surface area (Å²) in [4.78, 5) is 14.6. The monoisotopic (exact) mass is 507 g/mol. The van der Waals surface area contributed by atoms with Gasteiger partial charge in [0.05, 0.1) is 10.5 Å². The fourth-order valence-corrected chi connectivity index (χ4v) is 4.44. The molecule has 0 radical (unpaired) electrons. The molecule has 0 saturated carbocycles. The predicted octanol–water partition coefficient (Wildman–Crippen LogP) is 5.38. The van der Waals surface area contributed by atoms with E-state index in [0.29, 0.717) is 0 Å². The third-order valence-corrected chi connectivity index (χ3v) is 6.88. The number of carbonyl (C=O) groups excluding carboxylic acids is 1. The summed E-state index contributed by atoms with van der Waals surface area (Å²) in [6.45, 7) is 1.16. The van der Waals surface area contributed by atoms with Crippen molar-refractivity contribution in [2.24, 2.45) is 0 Å². The fourth-order valence-electron chi connectivity index (χ4n) is 3.80. The van der Waals surface area contributed by atoms with Crippen molar-refractivity contribution in [2.45, 2.75) is 37.2 Å². The maximum Gasteiger partial charge on any atom is 0.425 e. The van der Waals surface area contributed by atoms with Crippen LogP contribution in [0.15, 0.2) is 65.6 Å². The molecule has 1 amide bonds. The van der Waals surface area contributed by atoms with Gasteiger partial charge in [-0.05, 0) is 65.6 Å². The van der Waals surface area contributed by atoms with Gasteiger partial charge >= 0.3 is 6.18 Å². The van der Waals surface area contributed by atoms with E-state index in [-0.39, 0.29) is 35.1 Å². The molecule has 1 unspecified atom stereocenters. The Morgan fingerprint density at radius 3 is 2.20 bits per heavy atom. The molecule has 0 saturated heterocycles. The Kier molecular flexibility index (Phi) is 6.35. The largest absolute Gasteiger partial charge is 0.480 e. The summed E-state index contributed by atoms with van der Waals surface area (Å²) in [6, 6.07) is 14.7. The van der Waals surface area contributed by atoms with Crippen LogP contribution in [0.2, 0.25) is 0 Å². The van der Waals surface area contributed by atoms with Gasteiger partial charge in [-0.3, -0.25) is 4.79 Å².